The zero-order valence-corrected chi connectivity index (χ0v) is 66.6. The van der Waals surface area contributed by atoms with Crippen LogP contribution in [0, 0.1) is 0 Å². The second kappa shape index (κ2) is 40.1. The van der Waals surface area contributed by atoms with Crippen LogP contribution in [0.2, 0.25) is 0 Å². The number of halogens is 47. The van der Waals surface area contributed by atoms with E-state index in [1.54, 1.807) is 0 Å². The molecule has 26 nitrogen and oxygen atoms in total. The van der Waals surface area contributed by atoms with Crippen LogP contribution in [0.1, 0.15) is 6.92 Å². The van der Waals surface area contributed by atoms with Crippen LogP contribution in [0.5, 0.6) is 5.75 Å². The molecule has 0 aliphatic carbocycles. The van der Waals surface area contributed by atoms with Crippen molar-refractivity contribution in [2.75, 3.05) is 69.9 Å². The van der Waals surface area contributed by atoms with Crippen molar-refractivity contribution in [2.45, 2.75) is 150 Å². The predicted octanol–water partition coefficient (Wildman–Crippen LogP) is 13.5. The second-order valence-corrected chi connectivity index (χ2v) is 28.0. The minimum absolute atomic E-state index is 0.200. The number of ether oxygens (including phenoxy) is 6. The Hall–Kier alpha value is -10.8. The normalized spacial score (nSPS) is 22.0. The van der Waals surface area contributed by atoms with Gasteiger partial charge in [0.05, 0.1) is 46.2 Å². The molecule has 1 aromatic rings. The molecule has 2 unspecified atom stereocenters. The fraction of sp³-hybridized carbons (Fsp3) is 0.547. The zero-order chi connectivity index (χ0) is 110. The molecule has 8 rings (SSSR count). The number of hydrogen-bond acceptors (Lipinski definition) is 19. The van der Waals surface area contributed by atoms with E-state index < -0.39 is 321 Å². The third-order valence-electron chi connectivity index (χ3n) is 17.2. The number of nitrogens with zero attached hydrogens (tertiary/aromatic N) is 3. The lowest BCUT2D eigenvalue weighted by molar-refractivity contribution is -0.472. The smallest absolute Gasteiger partial charge is 0.448 e. The molecule has 2 atom stereocenters. The van der Waals surface area contributed by atoms with Crippen molar-refractivity contribution >= 4 is 70.7 Å². The Morgan fingerprint density at radius 1 is 0.406 bits per heavy atom. The maximum Gasteiger partial charge on any atom is 0.448 e. The average Bonchev–Trinajstić information content (AvgIpc) is 0.682. The molecule has 0 aromatic heterocycles. The van der Waals surface area contributed by atoms with Gasteiger partial charge in [0.2, 0.25) is 11.8 Å². The Balaban J connectivity index is 0.000000548. The first-order valence-corrected chi connectivity index (χ1v) is 34.8. The number of phenols is 1. The number of hydrogen-bond donors (Lipinski definition) is 8. The molecule has 8 N–H and O–H groups in total. The zero-order valence-electron chi connectivity index (χ0n) is 65.8. The third-order valence-corrected chi connectivity index (χ3v) is 18.7. The molecule has 0 bridgehead atoms. The topological polar surface area (TPSA) is 340 Å². The molecule has 7 saturated heterocycles. The summed E-state index contributed by atoms with van der Waals surface area (Å²) in [6.07, 6.45) is -91.1. The van der Waals surface area contributed by atoms with Crippen molar-refractivity contribution in [3.8, 4) is 5.75 Å². The molecule has 0 spiro atoms. The van der Waals surface area contributed by atoms with Crippen molar-refractivity contribution in [1.82, 2.24) is 36.4 Å². The number of aliphatic hydroxyl groups is 1. The third kappa shape index (κ3) is 23.9. The van der Waals surface area contributed by atoms with Crippen LogP contribution in [0.25, 0.3) is 0 Å². The van der Waals surface area contributed by atoms with E-state index >= 15 is 0 Å². The van der Waals surface area contributed by atoms with Gasteiger partial charge in [0.1, 0.15) is 12.3 Å². The summed E-state index contributed by atoms with van der Waals surface area (Å²) in [4.78, 5) is 93.7. The minimum Gasteiger partial charge on any atom is -0.508 e. The van der Waals surface area contributed by atoms with Gasteiger partial charge in [-0.3, -0.25) is 53.1 Å². The minimum atomic E-state index is -7.32. The maximum atomic E-state index is 14.0. The molecule has 74 heteroatoms. The highest BCUT2D eigenvalue weighted by molar-refractivity contribution is 8.01. The van der Waals surface area contributed by atoms with Crippen LogP contribution in [0.15, 0.2) is 109 Å². The van der Waals surface area contributed by atoms with E-state index in [0.717, 1.165) is 34.9 Å². The van der Waals surface area contributed by atoms with Crippen LogP contribution in [-0.2, 0) is 71.6 Å². The van der Waals surface area contributed by atoms with Crippen molar-refractivity contribution in [3.63, 3.8) is 0 Å². The van der Waals surface area contributed by atoms with Crippen molar-refractivity contribution < 1.29 is 293 Å². The number of esters is 1. The number of carbonyl (C=O) groups excluding carboxylic acids is 8. The number of benzene rings is 1. The van der Waals surface area contributed by atoms with Crippen LogP contribution in [-0.4, -0.2) is 287 Å². The van der Waals surface area contributed by atoms with Gasteiger partial charge < -0.3 is 70.3 Å². The molecule has 138 heavy (non-hydrogen) atoms. The summed E-state index contributed by atoms with van der Waals surface area (Å²) in [5.74, 6) is -23.4. The van der Waals surface area contributed by atoms with E-state index in [-0.39, 0.29) is 23.1 Å². The fourth-order valence-electron chi connectivity index (χ4n) is 10.5. The number of amides is 7. The van der Waals surface area contributed by atoms with Crippen LogP contribution < -0.4 is 31.5 Å². The number of anilines is 1. The standard InChI is InChI=1S/C13H9F6NO3.C10H6F11NO3.C9H7F9N2O.C9H7F6NO4.C9H10F3NO4.C7H5F6NO2.C7H5F6NOS/c1-7-6-23-11(12(14,15)16,13(17,18)19)20(10(7)22)8-2-4-9(21)5-3-8;1-3-2-25-7(10(19,20)21,22-4(3)23)6(11,12)5(24,8(13,14)15)9(16,17)18;1-4-2-20(3-6(10,11)12)7(8(13,14)15,9(16,17)18)19-5(4)21;1-4-3-20-7(8(10,11)12,9(13,14)15)16(6(4)19)2-5(17)18;1-3-16-7(15)8(9(10,11)12)13-6(14)5(2)4-17-8;2*1-3-2-16-5(6(8,9)10,7(11,12)13)14-4(3)15/h2-5,21H,1,6H2;24H,1-2H2,(H,22,23);1-3H2,(H,19,21);1-3H2,(H,17,18);2-4H2,1H3,(H,13,14);2*1-2H2,(H,14,15). The first-order valence-electron chi connectivity index (χ1n) is 33.8. The highest BCUT2D eigenvalue weighted by Crippen LogP contribution is 2.61. The Morgan fingerprint density at radius 2 is 0.746 bits per heavy atom. The van der Waals surface area contributed by atoms with Gasteiger partial charge in [-0.2, -0.15) is 206 Å². The van der Waals surface area contributed by atoms with Crippen molar-refractivity contribution in [3.05, 3.63) is 109 Å². The van der Waals surface area contributed by atoms with Gasteiger partial charge in [0, 0.05) is 57.0 Å². The lowest BCUT2D eigenvalue weighted by atomic mass is 9.84. The lowest BCUT2D eigenvalue weighted by Gasteiger charge is -2.49. The molecule has 0 radical (unpaired) electrons. The Bertz CT molecular complexity index is 4630. The molecule has 0 saturated carbocycles. The maximum absolute atomic E-state index is 14.0. The number of aliphatic carboxylic acids is 1. The molecule has 7 aliphatic rings. The summed E-state index contributed by atoms with van der Waals surface area (Å²) in [5, 5.41) is 30.1. The largest absolute Gasteiger partial charge is 0.508 e. The molecule has 788 valence electrons. The summed E-state index contributed by atoms with van der Waals surface area (Å²) in [5.41, 5.74) is -41.0. The molecule has 7 fully saturated rings. The van der Waals surface area contributed by atoms with Crippen LogP contribution in [0.3, 0.4) is 0 Å². The first kappa shape index (κ1) is 123. The summed E-state index contributed by atoms with van der Waals surface area (Å²) in [7, 11) is 0. The first-order chi connectivity index (χ1) is 60.9. The number of aromatic hydroxyl groups is 1. The average molecular weight is 2140 g/mol. The predicted molar refractivity (Wildman–Crippen MR) is 350 cm³/mol. The van der Waals surface area contributed by atoms with E-state index in [9.17, 15) is 250 Å². The molecule has 7 amide bonds. The number of phenolic OH excluding ortho intramolecular Hbond substituents is 1. The monoisotopic (exact) mass is 2140 g/mol. The van der Waals surface area contributed by atoms with E-state index in [0.29, 0.717) is 5.32 Å². The van der Waals surface area contributed by atoms with Crippen molar-refractivity contribution in [2.24, 2.45) is 0 Å². The number of carbonyl (C=O) groups is 9. The summed E-state index contributed by atoms with van der Waals surface area (Å²) in [6.45, 7) is 9.90. The highest BCUT2D eigenvalue weighted by Gasteiger charge is 2.93. The van der Waals surface area contributed by atoms with Gasteiger partial charge in [0.25, 0.3) is 40.1 Å². The summed E-state index contributed by atoms with van der Waals surface area (Å²) < 4.78 is 623. The Labute approximate surface area is 734 Å². The van der Waals surface area contributed by atoms with Crippen LogP contribution in [0.4, 0.5) is 212 Å². The highest BCUT2D eigenvalue weighted by atomic mass is 32.2. The van der Waals surface area contributed by atoms with Crippen LogP contribution >= 0.6 is 11.8 Å². The molecule has 1 aromatic carbocycles. The van der Waals surface area contributed by atoms with Gasteiger partial charge in [-0.05, 0) is 31.2 Å². The van der Waals surface area contributed by atoms with Gasteiger partial charge in [-0.1, -0.05) is 46.1 Å². The SMILES string of the molecule is C=C1CN(CC(F)(F)F)C(C(F)(F)F)(C(F)(F)F)NC1=O.C=C1COC(C(=O)OCC)(C(F)(F)F)NC1=O.C=C1COC(C(F)(F)F)(C(F)(F)C(O)(C(F)(F)F)C(F)(F)F)NC1=O.C=C1COC(C(F)(F)F)(C(F)(F)F)N(CC(=O)O)C1=O.C=C1COC(C(F)(F)F)(C(F)(F)F)N(c2ccc(O)cc2)C1=O.C=C1COC(C(F)(F)F)(C(F)(F)F)NC1=O.C=C1CSC(C(F)(F)F)(C(F)(F)F)NC1=O. The van der Waals surface area contributed by atoms with Gasteiger partial charge in [-0.25, -0.2) is 4.79 Å². The van der Waals surface area contributed by atoms with E-state index in [4.69, 9.17) is 15.3 Å². The number of alkyl halides is 47. The molecule has 7 heterocycles. The second-order valence-electron chi connectivity index (χ2n) is 26.8. The van der Waals surface area contributed by atoms with Gasteiger partial charge in [0.15, 0.2) is 0 Å². The summed E-state index contributed by atoms with van der Waals surface area (Å²) in [6, 6.07) is 3.16. The number of rotatable bonds is 8. The lowest BCUT2D eigenvalue weighted by Crippen LogP contribution is -2.83. The Morgan fingerprint density at radius 3 is 1.07 bits per heavy atom. The fourth-order valence-corrected chi connectivity index (χ4v) is 11.5. The van der Waals surface area contributed by atoms with E-state index in [2.05, 4.69) is 74.5 Å². The van der Waals surface area contributed by atoms with Crippen molar-refractivity contribution in [1.29, 1.82) is 0 Å². The number of nitrogens with one attached hydrogen (secondary N) is 5. The number of carboxylic acids is 1. The molecular formula is C64H49F47N8O18S. The van der Waals surface area contributed by atoms with E-state index in [1.807, 2.05) is 0 Å². The van der Waals surface area contributed by atoms with Gasteiger partial charge in [-0.15, -0.1) is 11.8 Å². The van der Waals surface area contributed by atoms with E-state index in [1.165, 1.54) is 12.2 Å². The molecular weight excluding hydrogens is 2090 g/mol. The Kier molecular flexibility index (Phi) is 35.8. The summed E-state index contributed by atoms with van der Waals surface area (Å²) >= 11 is -0.445. The quantitative estimate of drug-likeness (QED) is 0.0681. The number of thioether (sulfide) groups is 1. The number of carboxylic acid groups (broad SMARTS) is 1. The molecule has 7 aliphatic heterocycles. The van der Waals surface area contributed by atoms with Gasteiger partial charge >= 0.3 is 145 Å².